The molecular formula is C8H10F2N2O3S. The van der Waals surface area contributed by atoms with Crippen molar-refractivity contribution in [2.45, 2.75) is 10.8 Å². The van der Waals surface area contributed by atoms with Crippen LogP contribution in [0.5, 0.6) is 0 Å². The first-order chi connectivity index (χ1) is 7.37. The van der Waals surface area contributed by atoms with Gasteiger partial charge in [0.25, 0.3) is 5.92 Å². The molecule has 0 radical (unpaired) electrons. The molecule has 1 rings (SSSR count). The SMILES string of the molecule is O=S(=O)(NCC(F)(F)CO)c1cccnc1. The van der Waals surface area contributed by atoms with E-state index < -0.39 is 29.1 Å². The van der Waals surface area contributed by atoms with E-state index in [1.54, 1.807) is 4.72 Å². The molecule has 0 aliphatic carbocycles. The summed E-state index contributed by atoms with van der Waals surface area (Å²) in [4.78, 5) is 3.35. The van der Waals surface area contributed by atoms with Gasteiger partial charge in [-0.25, -0.2) is 21.9 Å². The van der Waals surface area contributed by atoms with Gasteiger partial charge in [0.2, 0.25) is 10.0 Å². The maximum atomic E-state index is 12.6. The van der Waals surface area contributed by atoms with Gasteiger partial charge in [0.05, 0.1) is 6.54 Å². The normalized spacial score (nSPS) is 12.7. The van der Waals surface area contributed by atoms with Gasteiger partial charge in [-0.2, -0.15) is 0 Å². The number of aromatic nitrogens is 1. The van der Waals surface area contributed by atoms with Crippen molar-refractivity contribution in [2.24, 2.45) is 0 Å². The molecule has 0 saturated carbocycles. The fraction of sp³-hybridized carbons (Fsp3) is 0.375. The maximum Gasteiger partial charge on any atom is 0.283 e. The largest absolute Gasteiger partial charge is 0.390 e. The zero-order valence-electron chi connectivity index (χ0n) is 8.10. The highest BCUT2D eigenvalue weighted by molar-refractivity contribution is 7.89. The second-order valence-electron chi connectivity index (χ2n) is 3.03. The lowest BCUT2D eigenvalue weighted by Crippen LogP contribution is -2.38. The number of hydrogen-bond acceptors (Lipinski definition) is 4. The van der Waals surface area contributed by atoms with Crippen LogP contribution in [0.15, 0.2) is 29.4 Å². The molecule has 0 unspecified atom stereocenters. The molecule has 0 atom stereocenters. The first-order valence-corrected chi connectivity index (χ1v) is 5.74. The molecule has 0 aliphatic rings. The van der Waals surface area contributed by atoms with E-state index in [0.29, 0.717) is 0 Å². The van der Waals surface area contributed by atoms with E-state index in [0.717, 1.165) is 6.20 Å². The van der Waals surface area contributed by atoms with Crippen LogP contribution in [0.2, 0.25) is 0 Å². The zero-order valence-corrected chi connectivity index (χ0v) is 8.92. The number of aliphatic hydroxyl groups excluding tert-OH is 1. The van der Waals surface area contributed by atoms with Gasteiger partial charge in [0.1, 0.15) is 11.5 Å². The number of alkyl halides is 2. The first kappa shape index (κ1) is 12.9. The number of halogens is 2. The van der Waals surface area contributed by atoms with Crippen molar-refractivity contribution in [3.63, 3.8) is 0 Å². The van der Waals surface area contributed by atoms with E-state index in [9.17, 15) is 17.2 Å². The lowest BCUT2D eigenvalue weighted by Gasteiger charge is -2.13. The molecule has 0 aliphatic heterocycles. The minimum Gasteiger partial charge on any atom is -0.390 e. The highest BCUT2D eigenvalue weighted by atomic mass is 32.2. The fourth-order valence-electron chi connectivity index (χ4n) is 0.846. The lowest BCUT2D eigenvalue weighted by molar-refractivity contribution is -0.0437. The van der Waals surface area contributed by atoms with E-state index in [2.05, 4.69) is 4.98 Å². The van der Waals surface area contributed by atoms with Gasteiger partial charge in [-0.05, 0) is 12.1 Å². The number of pyridine rings is 1. The summed E-state index contributed by atoms with van der Waals surface area (Å²) in [6, 6.07) is 2.60. The summed E-state index contributed by atoms with van der Waals surface area (Å²) in [5.41, 5.74) is 0. The molecule has 16 heavy (non-hydrogen) atoms. The van der Waals surface area contributed by atoms with Crippen LogP contribution >= 0.6 is 0 Å². The van der Waals surface area contributed by atoms with Gasteiger partial charge in [0.15, 0.2) is 0 Å². The van der Waals surface area contributed by atoms with Crippen LogP contribution in [0.1, 0.15) is 0 Å². The summed E-state index contributed by atoms with van der Waals surface area (Å²) in [7, 11) is -4.01. The topological polar surface area (TPSA) is 79.3 Å². The second kappa shape index (κ2) is 4.81. The Labute approximate surface area is 91.2 Å². The maximum absolute atomic E-state index is 12.6. The number of sulfonamides is 1. The third-order valence-corrected chi connectivity index (χ3v) is 3.08. The number of nitrogens with one attached hydrogen (secondary N) is 1. The zero-order chi connectivity index (χ0) is 12.2. The third kappa shape index (κ3) is 3.47. The minimum atomic E-state index is -4.01. The molecule has 0 spiro atoms. The van der Waals surface area contributed by atoms with Gasteiger partial charge < -0.3 is 5.11 Å². The molecule has 1 heterocycles. The molecule has 0 saturated heterocycles. The molecular weight excluding hydrogens is 242 g/mol. The van der Waals surface area contributed by atoms with E-state index in [1.165, 1.54) is 18.3 Å². The van der Waals surface area contributed by atoms with Crippen molar-refractivity contribution in [1.29, 1.82) is 0 Å². The molecule has 0 amide bonds. The lowest BCUT2D eigenvalue weighted by atomic mass is 10.4. The second-order valence-corrected chi connectivity index (χ2v) is 4.79. The fourth-order valence-corrected chi connectivity index (χ4v) is 1.87. The van der Waals surface area contributed by atoms with Gasteiger partial charge in [-0.15, -0.1) is 0 Å². The van der Waals surface area contributed by atoms with Gasteiger partial charge in [-0.3, -0.25) is 4.98 Å². The summed E-state index contributed by atoms with van der Waals surface area (Å²) < 4.78 is 49.8. The number of aliphatic hydroxyl groups is 1. The van der Waals surface area contributed by atoms with Gasteiger partial charge in [0, 0.05) is 12.4 Å². The van der Waals surface area contributed by atoms with Crippen molar-refractivity contribution >= 4 is 10.0 Å². The Bertz CT molecular complexity index is 436. The van der Waals surface area contributed by atoms with Gasteiger partial charge >= 0.3 is 0 Å². The summed E-state index contributed by atoms with van der Waals surface area (Å²) in [6.07, 6.45) is 2.40. The van der Waals surface area contributed by atoms with Crippen LogP contribution in [0.4, 0.5) is 8.78 Å². The van der Waals surface area contributed by atoms with Crippen molar-refractivity contribution in [1.82, 2.24) is 9.71 Å². The minimum absolute atomic E-state index is 0.205. The Hall–Kier alpha value is -1.12. The Morgan fingerprint density at radius 3 is 2.69 bits per heavy atom. The average Bonchev–Trinajstić information content (AvgIpc) is 2.28. The Kier molecular flexibility index (Phi) is 3.89. The van der Waals surface area contributed by atoms with E-state index in [1.807, 2.05) is 0 Å². The number of hydrogen-bond donors (Lipinski definition) is 2. The molecule has 0 aromatic carbocycles. The Balaban J connectivity index is 2.75. The highest BCUT2D eigenvalue weighted by Crippen LogP contribution is 2.12. The van der Waals surface area contributed by atoms with Crippen LogP contribution < -0.4 is 4.72 Å². The van der Waals surface area contributed by atoms with Gasteiger partial charge in [-0.1, -0.05) is 0 Å². The van der Waals surface area contributed by atoms with Crippen LogP contribution in [0.3, 0.4) is 0 Å². The van der Waals surface area contributed by atoms with Crippen LogP contribution in [-0.4, -0.2) is 37.6 Å². The smallest absolute Gasteiger partial charge is 0.283 e. The van der Waals surface area contributed by atoms with Crippen LogP contribution in [-0.2, 0) is 10.0 Å². The van der Waals surface area contributed by atoms with Crippen molar-refractivity contribution in [3.05, 3.63) is 24.5 Å². The molecule has 90 valence electrons. The van der Waals surface area contributed by atoms with Crippen molar-refractivity contribution < 1.29 is 22.3 Å². The molecule has 0 fully saturated rings. The van der Waals surface area contributed by atoms with E-state index in [-0.39, 0.29) is 4.90 Å². The van der Waals surface area contributed by atoms with Crippen molar-refractivity contribution in [2.75, 3.05) is 13.2 Å². The standard InChI is InChI=1S/C8H10F2N2O3S/c9-8(10,6-13)5-12-16(14,15)7-2-1-3-11-4-7/h1-4,12-13H,5-6H2. The van der Waals surface area contributed by atoms with Crippen LogP contribution in [0.25, 0.3) is 0 Å². The Morgan fingerprint density at radius 1 is 1.50 bits per heavy atom. The first-order valence-electron chi connectivity index (χ1n) is 4.26. The van der Waals surface area contributed by atoms with E-state index in [4.69, 9.17) is 5.11 Å². The quantitative estimate of drug-likeness (QED) is 0.772. The molecule has 0 bridgehead atoms. The Morgan fingerprint density at radius 2 is 2.19 bits per heavy atom. The number of nitrogens with zero attached hydrogens (tertiary/aromatic N) is 1. The molecule has 8 heteroatoms. The van der Waals surface area contributed by atoms with Crippen LogP contribution in [0, 0.1) is 0 Å². The summed E-state index contributed by atoms with van der Waals surface area (Å²) >= 11 is 0. The van der Waals surface area contributed by atoms with E-state index >= 15 is 0 Å². The average molecular weight is 252 g/mol. The monoisotopic (exact) mass is 252 g/mol. The predicted molar refractivity (Wildman–Crippen MR) is 51.5 cm³/mol. The summed E-state index contributed by atoms with van der Waals surface area (Å²) in [5.74, 6) is -3.48. The molecule has 2 N–H and O–H groups in total. The molecule has 1 aromatic heterocycles. The number of rotatable bonds is 5. The third-order valence-electron chi connectivity index (χ3n) is 1.70. The predicted octanol–water partition coefficient (Wildman–Crippen LogP) is -0.0125. The van der Waals surface area contributed by atoms with Crippen molar-refractivity contribution in [3.8, 4) is 0 Å². The molecule has 5 nitrogen and oxygen atoms in total. The summed E-state index contributed by atoms with van der Waals surface area (Å²) in [5, 5.41) is 8.26. The highest BCUT2D eigenvalue weighted by Gasteiger charge is 2.30. The summed E-state index contributed by atoms with van der Waals surface area (Å²) in [6.45, 7) is -2.57. The molecule has 1 aromatic rings.